The molecule has 0 spiro atoms. The van der Waals surface area contributed by atoms with Gasteiger partial charge in [0, 0.05) is 6.08 Å². The summed E-state index contributed by atoms with van der Waals surface area (Å²) in [5.74, 6) is -15.1. The molecule has 0 saturated heterocycles. The first-order chi connectivity index (χ1) is 22.7. The largest absolute Gasteiger partial charge is 0.448 e. The lowest BCUT2D eigenvalue weighted by Crippen LogP contribution is -2.08. The molecule has 312 valence electrons. The van der Waals surface area contributed by atoms with Crippen molar-refractivity contribution in [2.75, 3.05) is 0 Å². The lowest BCUT2D eigenvalue weighted by Gasteiger charge is -1.98. The zero-order valence-electron chi connectivity index (χ0n) is 23.2. The van der Waals surface area contributed by atoms with Crippen molar-refractivity contribution in [1.29, 1.82) is 0 Å². The Hall–Kier alpha value is -3.99. The summed E-state index contributed by atoms with van der Waals surface area (Å²) in [5, 5.41) is 0. The van der Waals surface area contributed by atoms with Gasteiger partial charge in [0.15, 0.2) is 17.5 Å². The Kier molecular flexibility index (Phi) is 35.9. The van der Waals surface area contributed by atoms with E-state index in [4.69, 9.17) is 0 Å². The summed E-state index contributed by atoms with van der Waals surface area (Å²) in [6, 6.07) is 0. The van der Waals surface area contributed by atoms with Crippen LogP contribution in [0.3, 0.4) is 0 Å². The smallest absolute Gasteiger partial charge is 0.212 e. The maximum Gasteiger partial charge on any atom is 0.448 e. The van der Waals surface area contributed by atoms with Crippen LogP contribution in [0, 0.1) is 0 Å². The fraction of sp³-hybridized carbons (Fsp3) is 0.333. The Morgan fingerprint density at radius 1 is 0.423 bits per heavy atom. The lowest BCUT2D eigenvalue weighted by atomic mass is 10.6. The highest BCUT2D eigenvalue weighted by molar-refractivity contribution is 4.98. The minimum absolute atomic E-state index is 0.0625. The van der Waals surface area contributed by atoms with Crippen molar-refractivity contribution < 1.29 is 136 Å². The van der Waals surface area contributed by atoms with Crippen LogP contribution in [0.15, 0.2) is 85.6 Å². The van der Waals surface area contributed by atoms with Crippen molar-refractivity contribution in [2.45, 2.75) is 43.7 Å². The molecule has 0 amide bonds. The van der Waals surface area contributed by atoms with Crippen molar-refractivity contribution in [3.8, 4) is 0 Å². The van der Waals surface area contributed by atoms with E-state index in [9.17, 15) is 136 Å². The first-order valence-corrected chi connectivity index (χ1v) is 10.1. The van der Waals surface area contributed by atoms with Gasteiger partial charge >= 0.3 is 37.0 Å². The van der Waals surface area contributed by atoms with E-state index in [1.807, 2.05) is 6.58 Å². The van der Waals surface area contributed by atoms with E-state index >= 15 is 0 Å². The van der Waals surface area contributed by atoms with E-state index in [1.54, 1.807) is 0 Å². The third-order valence-corrected chi connectivity index (χ3v) is 2.31. The summed E-state index contributed by atoms with van der Waals surface area (Å²) in [7, 11) is 0. The molecule has 0 heterocycles. The SMILES string of the molecule is C=C(F)C(F)(F)F.C=CC(F)(F)F.F/C=C(/F)C(F)(F)F.F/C=C(/F)C(F)F.F/C=C(\F)C(F)(F)F.F/C=C(\F)C(F)F.FC(F)=C(F)C(F)(F)F. The van der Waals surface area contributed by atoms with Crippen molar-refractivity contribution in [3.05, 3.63) is 85.6 Å². The van der Waals surface area contributed by atoms with Gasteiger partial charge in [0.1, 0.15) is 25.3 Å². The van der Waals surface area contributed by atoms with Gasteiger partial charge in [-0.3, -0.25) is 0 Å². The second-order valence-electron chi connectivity index (χ2n) is 6.22. The van der Waals surface area contributed by atoms with Gasteiger partial charge in [0.05, 0.1) is 0 Å². The monoisotopic (exact) mass is 852 g/mol. The van der Waals surface area contributed by atoms with Crippen LogP contribution >= 0.6 is 0 Å². The van der Waals surface area contributed by atoms with Crippen LogP contribution < -0.4 is 0 Å². The number of alkyl halides is 19. The Labute approximate surface area is 266 Å². The molecule has 0 aromatic carbocycles. The van der Waals surface area contributed by atoms with Crippen LogP contribution in [0.25, 0.3) is 0 Å². The first kappa shape index (κ1) is 63.1. The highest BCUT2D eigenvalue weighted by atomic mass is 19.4. The molecule has 0 aliphatic heterocycles. The van der Waals surface area contributed by atoms with Gasteiger partial charge in [0.2, 0.25) is 11.7 Å². The zero-order chi connectivity index (χ0) is 44.2. The van der Waals surface area contributed by atoms with Crippen LogP contribution in [0.5, 0.6) is 0 Å². The fourth-order valence-corrected chi connectivity index (χ4v) is 0.326. The van der Waals surface area contributed by atoms with Gasteiger partial charge in [-0.15, -0.1) is 0 Å². The molecular formula is C21H11F31. The number of allylic oxidation sites excluding steroid dienone is 7. The number of halogens is 31. The number of rotatable bonds is 2. The maximum atomic E-state index is 11.0. The molecule has 0 rings (SSSR count). The van der Waals surface area contributed by atoms with E-state index in [-0.39, 0.29) is 6.08 Å². The van der Waals surface area contributed by atoms with Crippen molar-refractivity contribution in [3.63, 3.8) is 0 Å². The molecule has 0 fully saturated rings. The van der Waals surface area contributed by atoms with E-state index < -0.39 is 110 Å². The van der Waals surface area contributed by atoms with Gasteiger partial charge in [-0.2, -0.15) is 87.8 Å². The Balaban J connectivity index is -0.0000000912. The number of hydrogen-bond donors (Lipinski definition) is 0. The topological polar surface area (TPSA) is 0 Å². The third kappa shape index (κ3) is 50.4. The summed E-state index contributed by atoms with van der Waals surface area (Å²) in [5.41, 5.74) is 0. The quantitative estimate of drug-likeness (QED) is 0.192. The first-order valence-electron chi connectivity index (χ1n) is 10.1. The maximum absolute atomic E-state index is 11.0. The standard InChI is InChI=1S/C3F6.2C3HF5.3C3H2F4.C3H3F3/c4-1(2(5)6)3(7,8)9;2*4-1-2(5)3(6,7)8;1-2(4)3(5,6)7;2*4-1-2(5)3(6)7;1-2-3(4,5)6/h;2*1H;1H2;2*1,3H;2H,1H2/b;2-1+;2-1-;;2-1+;2-1-;. The molecular weight excluding hydrogens is 841 g/mol. The molecule has 0 nitrogen and oxygen atoms in total. The number of hydrogen-bond acceptors (Lipinski definition) is 0. The fourth-order valence-electron chi connectivity index (χ4n) is 0.326. The van der Waals surface area contributed by atoms with Crippen LogP contribution in [-0.2, 0) is 0 Å². The highest BCUT2D eigenvalue weighted by Gasteiger charge is 2.39. The predicted octanol–water partition coefficient (Wildman–Crippen LogP) is 15.1. The average Bonchev–Trinajstić information content (AvgIpc) is 2.98. The second-order valence-corrected chi connectivity index (χ2v) is 6.22. The van der Waals surface area contributed by atoms with Gasteiger partial charge in [0.25, 0.3) is 18.7 Å². The molecule has 0 saturated carbocycles. The third-order valence-electron chi connectivity index (χ3n) is 2.31. The molecule has 52 heavy (non-hydrogen) atoms. The summed E-state index contributed by atoms with van der Waals surface area (Å²) >= 11 is 0. The molecule has 0 N–H and O–H groups in total. The minimum atomic E-state index is -5.56. The van der Waals surface area contributed by atoms with Crippen molar-refractivity contribution >= 4 is 0 Å². The summed E-state index contributed by atoms with van der Waals surface area (Å²) in [6.07, 6.45) is -38.8. The molecule has 0 aromatic rings. The van der Waals surface area contributed by atoms with E-state index in [0.717, 1.165) is 0 Å². The van der Waals surface area contributed by atoms with Crippen LogP contribution in [0.4, 0.5) is 136 Å². The molecule has 31 heteroatoms. The van der Waals surface area contributed by atoms with Gasteiger partial charge in [-0.05, 0) is 0 Å². The molecule has 0 aliphatic rings. The second kappa shape index (κ2) is 29.6. The predicted molar refractivity (Wildman–Crippen MR) is 114 cm³/mol. The van der Waals surface area contributed by atoms with E-state index in [0.29, 0.717) is 0 Å². The van der Waals surface area contributed by atoms with E-state index in [2.05, 4.69) is 6.58 Å². The molecule has 0 aromatic heterocycles. The summed E-state index contributed by atoms with van der Waals surface area (Å²) in [6.45, 7) is 4.54. The van der Waals surface area contributed by atoms with Gasteiger partial charge in [-0.1, -0.05) is 13.2 Å². The van der Waals surface area contributed by atoms with E-state index in [1.165, 1.54) is 0 Å². The van der Waals surface area contributed by atoms with Gasteiger partial charge < -0.3 is 0 Å². The normalized spacial score (nSPS) is 12.7. The van der Waals surface area contributed by atoms with Crippen LogP contribution in [0.1, 0.15) is 0 Å². The van der Waals surface area contributed by atoms with Gasteiger partial charge in [-0.25, -0.2) is 48.3 Å². The minimum Gasteiger partial charge on any atom is -0.212 e. The Morgan fingerprint density at radius 3 is 0.635 bits per heavy atom. The molecule has 0 unspecified atom stereocenters. The highest BCUT2D eigenvalue weighted by Crippen LogP contribution is 2.30. The Morgan fingerprint density at radius 2 is 0.635 bits per heavy atom. The van der Waals surface area contributed by atoms with Crippen molar-refractivity contribution in [2.24, 2.45) is 0 Å². The summed E-state index contributed by atoms with van der Waals surface area (Å²) in [4.78, 5) is 0. The summed E-state index contributed by atoms with van der Waals surface area (Å²) < 4.78 is 334. The average molecular weight is 852 g/mol. The molecule has 0 aliphatic carbocycles. The van der Waals surface area contributed by atoms with Crippen molar-refractivity contribution in [1.82, 2.24) is 0 Å². The lowest BCUT2D eigenvalue weighted by molar-refractivity contribution is -0.113. The molecule has 0 atom stereocenters. The van der Waals surface area contributed by atoms with Crippen LogP contribution in [0.2, 0.25) is 0 Å². The zero-order valence-corrected chi connectivity index (χ0v) is 23.2. The van der Waals surface area contributed by atoms with Crippen LogP contribution in [-0.4, -0.2) is 43.7 Å². The molecule has 0 bridgehead atoms. The molecule has 0 radical (unpaired) electrons. The Bertz CT molecular complexity index is 1040.